The van der Waals surface area contributed by atoms with Gasteiger partial charge in [-0.25, -0.2) is 0 Å². The lowest BCUT2D eigenvalue weighted by atomic mass is 9.41. The minimum Gasteiger partial charge on any atom is -0.390 e. The highest BCUT2D eigenvalue weighted by molar-refractivity contribution is 5.33. The largest absolute Gasteiger partial charge is 0.390 e. The maximum Gasteiger partial charge on any atom is 0.170 e. The molecule has 0 amide bonds. The molecule has 0 aromatic heterocycles. The fourth-order valence-corrected chi connectivity index (χ4v) is 13.9. The molecule has 0 aromatic rings. The van der Waals surface area contributed by atoms with Gasteiger partial charge in [-0.1, -0.05) is 34.6 Å². The first kappa shape index (κ1) is 31.9. The summed E-state index contributed by atoms with van der Waals surface area (Å²) in [5, 5.41) is 23.2. The summed E-state index contributed by atoms with van der Waals surface area (Å²) in [7, 11) is 0. The van der Waals surface area contributed by atoms with E-state index in [0.29, 0.717) is 40.5 Å². The highest BCUT2D eigenvalue weighted by Crippen LogP contribution is 2.89. The smallest absolute Gasteiger partial charge is 0.170 e. The molecule has 8 fully saturated rings. The Morgan fingerprint density at radius 3 is 2.40 bits per heavy atom. The van der Waals surface area contributed by atoms with Gasteiger partial charge in [-0.2, -0.15) is 0 Å². The molecule has 4 N–H and O–H groups in total. The molecule has 0 radical (unpaired) electrons. The average molecular weight is 631 g/mol. The lowest BCUT2D eigenvalue weighted by Crippen LogP contribution is -2.60. The van der Waals surface area contributed by atoms with Gasteiger partial charge in [0.2, 0.25) is 0 Å². The topological polar surface area (TPSA) is 107 Å². The van der Waals surface area contributed by atoms with Gasteiger partial charge in [0.25, 0.3) is 0 Å². The van der Waals surface area contributed by atoms with Crippen LogP contribution in [0.5, 0.6) is 0 Å². The van der Waals surface area contributed by atoms with Crippen LogP contribution in [-0.2, 0) is 18.9 Å². The molecular formula is C37H62N2O6. The second-order valence-corrected chi connectivity index (χ2v) is 18.8. The summed E-state index contributed by atoms with van der Waals surface area (Å²) in [5.74, 6) is 1.85. The number of aliphatic hydroxyl groups is 2. The molecule has 8 rings (SSSR count). The van der Waals surface area contributed by atoms with Gasteiger partial charge >= 0.3 is 0 Å². The number of hydrogen-bond acceptors (Lipinski definition) is 8. The quantitative estimate of drug-likeness (QED) is 0.412. The van der Waals surface area contributed by atoms with Crippen molar-refractivity contribution in [1.29, 1.82) is 0 Å². The fraction of sp³-hybridized carbons (Fsp3) is 1.00. The van der Waals surface area contributed by atoms with E-state index in [1.807, 2.05) is 0 Å². The molecule has 14 atom stereocenters. The molecule has 2 spiro atoms. The van der Waals surface area contributed by atoms with E-state index >= 15 is 0 Å². The standard InChI is InChI=1S/C37H62N2O6/c1-21-16-23(30(38)33(4,5)41)44-29-28(21)34(6)12-13-37-20-36(37)11-10-26(45-27-17-39(14-15-43-27)22-18-42-19-22)32(2,3)24(36)8-9-25(37)35(34,7)31(29)40/h21-31,40-41H,8-20,38H2,1-7H3/t21-,23?,24+,25?,26?,27?,28+,29?,30?,31+,34?,35-,36?,37?/m1/s1. The summed E-state index contributed by atoms with van der Waals surface area (Å²) in [6.45, 7) is 20.1. The molecule has 256 valence electrons. The Kier molecular flexibility index (Phi) is 7.18. The minimum atomic E-state index is -1.02. The number of aliphatic hydroxyl groups excluding tert-OH is 1. The highest BCUT2D eigenvalue weighted by atomic mass is 16.7. The van der Waals surface area contributed by atoms with Crippen molar-refractivity contribution in [3.05, 3.63) is 0 Å². The fourth-order valence-electron chi connectivity index (χ4n) is 13.9. The number of nitrogens with zero attached hydrogens (tertiary/aromatic N) is 1. The first-order valence-corrected chi connectivity index (χ1v) is 18.5. The van der Waals surface area contributed by atoms with Crippen LogP contribution in [0.25, 0.3) is 0 Å². The van der Waals surface area contributed by atoms with E-state index in [1.165, 1.54) is 38.5 Å². The van der Waals surface area contributed by atoms with Gasteiger partial charge < -0.3 is 34.9 Å². The molecular weight excluding hydrogens is 568 g/mol. The van der Waals surface area contributed by atoms with Gasteiger partial charge in [-0.15, -0.1) is 0 Å². The van der Waals surface area contributed by atoms with Crippen LogP contribution in [0.2, 0.25) is 0 Å². The van der Waals surface area contributed by atoms with Crippen LogP contribution >= 0.6 is 0 Å². The van der Waals surface area contributed by atoms with Gasteiger partial charge in [0.15, 0.2) is 6.29 Å². The molecule has 8 heteroatoms. The van der Waals surface area contributed by atoms with E-state index in [-0.39, 0.29) is 40.8 Å². The van der Waals surface area contributed by atoms with Gasteiger partial charge in [-0.05, 0) is 111 Å². The summed E-state index contributed by atoms with van der Waals surface area (Å²) >= 11 is 0. The first-order chi connectivity index (χ1) is 21.1. The number of fused-ring (bicyclic) bond motifs is 4. The number of hydrogen-bond donors (Lipinski definition) is 3. The summed E-state index contributed by atoms with van der Waals surface area (Å²) in [6, 6.07) is 0.0497. The van der Waals surface area contributed by atoms with E-state index in [1.54, 1.807) is 13.8 Å². The summed E-state index contributed by atoms with van der Waals surface area (Å²) in [5.41, 5.74) is 6.15. The number of nitrogens with two attached hydrogens (primary N) is 1. The van der Waals surface area contributed by atoms with Crippen molar-refractivity contribution < 1.29 is 29.2 Å². The third kappa shape index (κ3) is 4.12. The maximum atomic E-state index is 12.5. The molecule has 3 saturated heterocycles. The molecule has 8 nitrogen and oxygen atoms in total. The Morgan fingerprint density at radius 1 is 1.00 bits per heavy atom. The third-order valence-electron chi connectivity index (χ3n) is 16.5. The Balaban J connectivity index is 1.03. The molecule has 45 heavy (non-hydrogen) atoms. The lowest BCUT2D eigenvalue weighted by molar-refractivity contribution is -0.256. The van der Waals surface area contributed by atoms with Crippen molar-refractivity contribution in [2.24, 2.45) is 56.5 Å². The van der Waals surface area contributed by atoms with E-state index in [9.17, 15) is 10.2 Å². The van der Waals surface area contributed by atoms with Crippen molar-refractivity contribution in [1.82, 2.24) is 4.90 Å². The van der Waals surface area contributed by atoms with Crippen molar-refractivity contribution >= 4 is 0 Å². The van der Waals surface area contributed by atoms with E-state index in [2.05, 4.69) is 39.5 Å². The van der Waals surface area contributed by atoms with Crippen LogP contribution in [0.3, 0.4) is 0 Å². The molecule has 3 heterocycles. The molecule has 5 aliphatic carbocycles. The normalized spacial score (nSPS) is 54.9. The number of ether oxygens (including phenoxy) is 4. The highest BCUT2D eigenvalue weighted by Gasteiger charge is 2.84. The van der Waals surface area contributed by atoms with Crippen molar-refractivity contribution in [3.8, 4) is 0 Å². The summed E-state index contributed by atoms with van der Waals surface area (Å²) in [6.07, 6.45) is 8.44. The lowest BCUT2D eigenvalue weighted by Gasteiger charge is -2.64. The van der Waals surface area contributed by atoms with Crippen LogP contribution in [-0.4, -0.2) is 96.4 Å². The molecule has 3 aliphatic heterocycles. The second-order valence-electron chi connectivity index (χ2n) is 18.8. The van der Waals surface area contributed by atoms with Gasteiger partial charge in [-0.3, -0.25) is 4.90 Å². The van der Waals surface area contributed by atoms with E-state index in [0.717, 1.165) is 45.8 Å². The predicted molar refractivity (Wildman–Crippen MR) is 171 cm³/mol. The zero-order chi connectivity index (χ0) is 31.9. The van der Waals surface area contributed by atoms with E-state index < -0.39 is 17.7 Å². The third-order valence-corrected chi connectivity index (χ3v) is 16.5. The van der Waals surface area contributed by atoms with Crippen molar-refractivity contribution in [3.63, 3.8) is 0 Å². The van der Waals surface area contributed by atoms with Crippen molar-refractivity contribution in [2.75, 3.05) is 32.9 Å². The predicted octanol–water partition coefficient (Wildman–Crippen LogP) is 4.34. The second kappa shape index (κ2) is 10.1. The SMILES string of the molecule is C[C@@H]1CC(C(N)C(C)(C)O)OC2[C@H]1C1(C)CCC34CC35CCC(OC3CN(C6COC6)CCO3)C(C)(C)[C@@H]5CCC4[C@]1(C)[C@H]2O. The zero-order valence-corrected chi connectivity index (χ0v) is 29.1. The Labute approximate surface area is 271 Å². The minimum absolute atomic E-state index is 0.0261. The molecule has 0 aromatic carbocycles. The summed E-state index contributed by atoms with van der Waals surface area (Å²) in [4.78, 5) is 2.51. The van der Waals surface area contributed by atoms with E-state index in [4.69, 9.17) is 24.7 Å². The molecule has 5 saturated carbocycles. The summed E-state index contributed by atoms with van der Waals surface area (Å²) < 4.78 is 25.4. The average Bonchev–Trinajstić information content (AvgIpc) is 3.57. The monoisotopic (exact) mass is 630 g/mol. The van der Waals surface area contributed by atoms with Gasteiger partial charge in [0.1, 0.15) is 0 Å². The molecule has 8 aliphatic rings. The van der Waals surface area contributed by atoms with Gasteiger partial charge in [0, 0.05) is 12.0 Å². The van der Waals surface area contributed by atoms with Crippen LogP contribution < -0.4 is 5.73 Å². The Bertz CT molecular complexity index is 1170. The molecule has 9 unspecified atom stereocenters. The molecule has 0 bridgehead atoms. The Hall–Kier alpha value is -0.320. The van der Waals surface area contributed by atoms with Crippen LogP contribution in [0.15, 0.2) is 0 Å². The first-order valence-electron chi connectivity index (χ1n) is 18.5. The maximum absolute atomic E-state index is 12.5. The number of morpholine rings is 1. The van der Waals surface area contributed by atoms with Crippen molar-refractivity contribution in [2.45, 2.75) is 148 Å². The Morgan fingerprint density at radius 2 is 1.71 bits per heavy atom. The van der Waals surface area contributed by atoms with Gasteiger partial charge in [0.05, 0.1) is 68.5 Å². The number of rotatable bonds is 5. The van der Waals surface area contributed by atoms with Crippen LogP contribution in [0, 0.1) is 50.7 Å². The van der Waals surface area contributed by atoms with Crippen LogP contribution in [0.1, 0.15) is 99.8 Å². The van der Waals surface area contributed by atoms with Crippen LogP contribution in [0.4, 0.5) is 0 Å². The zero-order valence-electron chi connectivity index (χ0n) is 29.1.